The van der Waals surface area contributed by atoms with E-state index in [1.165, 1.54) is 12.3 Å². The Morgan fingerprint density at radius 3 is 2.76 bits per heavy atom. The number of nitrogens with one attached hydrogen (secondary N) is 2. The molecule has 126 valence electrons. The van der Waals surface area contributed by atoms with Crippen LogP contribution in [0.3, 0.4) is 0 Å². The molecule has 3 aromatic rings. The second-order valence-corrected chi connectivity index (χ2v) is 5.61. The van der Waals surface area contributed by atoms with Crippen LogP contribution in [0.1, 0.15) is 16.1 Å². The SMILES string of the molecule is O=C1NCCc2[nH]c(-c3ccnc(-c4ccc(O)c(F)c4F)n3)cc21. The number of aromatic hydroxyl groups is 1. The number of amides is 1. The summed E-state index contributed by atoms with van der Waals surface area (Å²) in [5.41, 5.74) is 2.22. The first-order chi connectivity index (χ1) is 12.0. The van der Waals surface area contributed by atoms with Gasteiger partial charge in [0.05, 0.1) is 22.5 Å². The number of phenolic OH excluding ortho intramolecular Hbond substituents is 1. The number of hydrogen-bond acceptors (Lipinski definition) is 4. The van der Waals surface area contributed by atoms with E-state index in [2.05, 4.69) is 20.3 Å². The average Bonchev–Trinajstić information content (AvgIpc) is 3.06. The van der Waals surface area contributed by atoms with Crippen molar-refractivity contribution >= 4 is 5.91 Å². The predicted molar refractivity (Wildman–Crippen MR) is 84.9 cm³/mol. The topological polar surface area (TPSA) is 90.9 Å². The number of nitrogens with zero attached hydrogens (tertiary/aromatic N) is 2. The van der Waals surface area contributed by atoms with Crippen molar-refractivity contribution in [2.45, 2.75) is 6.42 Å². The van der Waals surface area contributed by atoms with E-state index in [0.29, 0.717) is 29.9 Å². The van der Waals surface area contributed by atoms with Gasteiger partial charge in [-0.3, -0.25) is 4.79 Å². The maximum Gasteiger partial charge on any atom is 0.253 e. The van der Waals surface area contributed by atoms with Crippen molar-refractivity contribution in [3.05, 3.63) is 53.4 Å². The Bertz CT molecular complexity index is 1000. The molecule has 0 saturated carbocycles. The third-order valence-corrected chi connectivity index (χ3v) is 4.04. The van der Waals surface area contributed by atoms with Crippen molar-refractivity contribution in [2.75, 3.05) is 6.54 Å². The third-order valence-electron chi connectivity index (χ3n) is 4.04. The molecule has 8 heteroatoms. The summed E-state index contributed by atoms with van der Waals surface area (Å²) in [6, 6.07) is 5.53. The summed E-state index contributed by atoms with van der Waals surface area (Å²) in [5.74, 6) is -3.53. The number of carbonyl (C=O) groups excluding carboxylic acids is 1. The fourth-order valence-electron chi connectivity index (χ4n) is 2.78. The van der Waals surface area contributed by atoms with E-state index in [1.54, 1.807) is 12.1 Å². The maximum absolute atomic E-state index is 14.0. The van der Waals surface area contributed by atoms with E-state index in [-0.39, 0.29) is 17.3 Å². The first kappa shape index (κ1) is 15.3. The first-order valence-corrected chi connectivity index (χ1v) is 7.55. The zero-order valence-corrected chi connectivity index (χ0v) is 12.8. The van der Waals surface area contributed by atoms with Gasteiger partial charge in [0, 0.05) is 24.9 Å². The molecule has 0 aliphatic carbocycles. The Hall–Kier alpha value is -3.29. The lowest BCUT2D eigenvalue weighted by Gasteiger charge is -2.10. The monoisotopic (exact) mass is 342 g/mol. The second-order valence-electron chi connectivity index (χ2n) is 5.61. The highest BCUT2D eigenvalue weighted by Gasteiger charge is 2.21. The van der Waals surface area contributed by atoms with Gasteiger partial charge in [0.25, 0.3) is 5.91 Å². The molecule has 3 N–H and O–H groups in total. The highest BCUT2D eigenvalue weighted by molar-refractivity contribution is 5.97. The number of hydrogen-bond donors (Lipinski definition) is 3. The minimum Gasteiger partial charge on any atom is -0.505 e. The van der Waals surface area contributed by atoms with Crippen LogP contribution in [0.4, 0.5) is 8.78 Å². The molecule has 0 bridgehead atoms. The Kier molecular flexibility index (Phi) is 3.45. The van der Waals surface area contributed by atoms with Gasteiger partial charge in [-0.15, -0.1) is 0 Å². The van der Waals surface area contributed by atoms with Crippen LogP contribution in [0.25, 0.3) is 22.8 Å². The summed E-state index contributed by atoms with van der Waals surface area (Å²) in [7, 11) is 0. The molecule has 4 rings (SSSR count). The number of aromatic amines is 1. The molecule has 2 aromatic heterocycles. The number of aromatic nitrogens is 3. The smallest absolute Gasteiger partial charge is 0.253 e. The molecule has 6 nitrogen and oxygen atoms in total. The van der Waals surface area contributed by atoms with Gasteiger partial charge in [0.15, 0.2) is 17.4 Å². The molecule has 0 spiro atoms. The molecule has 0 radical (unpaired) electrons. The number of phenols is 1. The van der Waals surface area contributed by atoms with E-state index in [1.807, 2.05) is 0 Å². The fourth-order valence-corrected chi connectivity index (χ4v) is 2.78. The quantitative estimate of drug-likeness (QED) is 0.667. The van der Waals surface area contributed by atoms with Crippen LogP contribution >= 0.6 is 0 Å². The predicted octanol–water partition coefficient (Wildman–Crippen LogP) is 2.41. The van der Waals surface area contributed by atoms with Gasteiger partial charge in [-0.25, -0.2) is 14.4 Å². The molecule has 25 heavy (non-hydrogen) atoms. The Balaban J connectivity index is 1.78. The van der Waals surface area contributed by atoms with Gasteiger partial charge in [-0.2, -0.15) is 4.39 Å². The Morgan fingerprint density at radius 1 is 1.12 bits per heavy atom. The molecule has 1 aliphatic rings. The van der Waals surface area contributed by atoms with Gasteiger partial charge in [-0.1, -0.05) is 0 Å². The molecule has 0 fully saturated rings. The lowest BCUT2D eigenvalue weighted by molar-refractivity contribution is 0.0946. The van der Waals surface area contributed by atoms with Crippen LogP contribution in [-0.2, 0) is 6.42 Å². The number of benzene rings is 1. The molecule has 1 aliphatic heterocycles. The third kappa shape index (κ3) is 2.51. The highest BCUT2D eigenvalue weighted by Crippen LogP contribution is 2.29. The zero-order valence-electron chi connectivity index (χ0n) is 12.8. The van der Waals surface area contributed by atoms with Crippen LogP contribution in [0.15, 0.2) is 30.5 Å². The van der Waals surface area contributed by atoms with Gasteiger partial charge < -0.3 is 15.4 Å². The molecule has 3 heterocycles. The Labute approximate surface area is 140 Å². The number of carbonyl (C=O) groups is 1. The van der Waals surface area contributed by atoms with Crippen molar-refractivity contribution in [1.29, 1.82) is 0 Å². The largest absolute Gasteiger partial charge is 0.505 e. The fraction of sp³-hybridized carbons (Fsp3) is 0.118. The van der Waals surface area contributed by atoms with E-state index in [4.69, 9.17) is 0 Å². The molecular formula is C17H12F2N4O2. The lowest BCUT2D eigenvalue weighted by Crippen LogP contribution is -2.31. The molecular weight excluding hydrogens is 330 g/mol. The molecule has 0 saturated heterocycles. The number of H-pyrrole nitrogens is 1. The minimum absolute atomic E-state index is 0.0223. The summed E-state index contributed by atoms with van der Waals surface area (Å²) in [6.07, 6.45) is 2.10. The maximum atomic E-state index is 14.0. The van der Waals surface area contributed by atoms with Gasteiger partial charge in [0.1, 0.15) is 0 Å². The van der Waals surface area contributed by atoms with Gasteiger partial charge >= 0.3 is 0 Å². The van der Waals surface area contributed by atoms with Crippen molar-refractivity contribution in [2.24, 2.45) is 0 Å². The van der Waals surface area contributed by atoms with Crippen LogP contribution in [0.5, 0.6) is 5.75 Å². The van der Waals surface area contributed by atoms with E-state index in [9.17, 15) is 18.7 Å². The lowest BCUT2D eigenvalue weighted by atomic mass is 10.1. The standard InChI is InChI=1S/C17H12F2N4O2/c18-14-8(1-2-13(24)15(14)19)16-20-5-4-11(23-16)12-7-9-10(22-12)3-6-21-17(9)25/h1-2,4-5,7,22,24H,3,6H2,(H,21,25). The number of rotatable bonds is 2. The van der Waals surface area contributed by atoms with E-state index >= 15 is 0 Å². The van der Waals surface area contributed by atoms with E-state index in [0.717, 1.165) is 11.8 Å². The van der Waals surface area contributed by atoms with E-state index < -0.39 is 17.4 Å². The van der Waals surface area contributed by atoms with Gasteiger partial charge in [-0.05, 0) is 24.3 Å². The summed E-state index contributed by atoms with van der Waals surface area (Å²) >= 11 is 0. The van der Waals surface area contributed by atoms with Crippen LogP contribution in [-0.4, -0.2) is 32.5 Å². The number of halogens is 2. The molecule has 1 amide bonds. The summed E-state index contributed by atoms with van der Waals surface area (Å²) in [5, 5.41) is 12.0. The second kappa shape index (κ2) is 5.66. The van der Waals surface area contributed by atoms with Crippen molar-refractivity contribution in [1.82, 2.24) is 20.3 Å². The minimum atomic E-state index is -1.35. The van der Waals surface area contributed by atoms with Crippen molar-refractivity contribution in [3.8, 4) is 28.5 Å². The van der Waals surface area contributed by atoms with Crippen molar-refractivity contribution < 1.29 is 18.7 Å². The van der Waals surface area contributed by atoms with Gasteiger partial charge in [0.2, 0.25) is 5.82 Å². The summed E-state index contributed by atoms with van der Waals surface area (Å²) in [4.78, 5) is 23.2. The molecule has 0 atom stereocenters. The molecule has 1 aromatic carbocycles. The summed E-state index contributed by atoms with van der Waals surface area (Å²) in [6.45, 7) is 0.554. The van der Waals surface area contributed by atoms with Crippen LogP contribution in [0, 0.1) is 11.6 Å². The molecule has 0 unspecified atom stereocenters. The van der Waals surface area contributed by atoms with Crippen LogP contribution < -0.4 is 5.32 Å². The number of fused-ring (bicyclic) bond motifs is 1. The zero-order chi connectivity index (χ0) is 17.6. The van der Waals surface area contributed by atoms with Crippen molar-refractivity contribution in [3.63, 3.8) is 0 Å². The highest BCUT2D eigenvalue weighted by atomic mass is 19.2. The Morgan fingerprint density at radius 2 is 1.96 bits per heavy atom. The average molecular weight is 342 g/mol. The summed E-state index contributed by atoms with van der Waals surface area (Å²) < 4.78 is 27.6. The first-order valence-electron chi connectivity index (χ1n) is 7.55. The normalized spacial score (nSPS) is 13.4. The van der Waals surface area contributed by atoms with Crippen LogP contribution in [0.2, 0.25) is 0 Å².